The van der Waals surface area contributed by atoms with Gasteiger partial charge in [0.2, 0.25) is 0 Å². The normalized spacial score (nSPS) is 19.9. The van der Waals surface area contributed by atoms with Crippen molar-refractivity contribution in [3.8, 4) is 5.75 Å². The van der Waals surface area contributed by atoms with Crippen LogP contribution in [-0.2, 0) is 13.1 Å². The standard InChI is InChI=1S/C24H24Cl2N2O/c25-20-8-7-17(14-21(20)26)15-27-12-9-18(10-13-27)24-22-5-3-11-28(22)16-19-4-1-2-6-23(19)29-24/h1-8,11,14,18,24H,9-10,12-13,15-16H2. The van der Waals surface area contributed by atoms with Gasteiger partial charge in [-0.25, -0.2) is 0 Å². The van der Waals surface area contributed by atoms with Gasteiger partial charge in [0.15, 0.2) is 0 Å². The fourth-order valence-corrected chi connectivity index (χ4v) is 4.93. The van der Waals surface area contributed by atoms with Gasteiger partial charge in [-0.05, 0) is 61.8 Å². The fourth-order valence-electron chi connectivity index (χ4n) is 4.61. The third kappa shape index (κ3) is 3.92. The summed E-state index contributed by atoms with van der Waals surface area (Å²) in [5.41, 5.74) is 3.76. The highest BCUT2D eigenvalue weighted by molar-refractivity contribution is 6.42. The second kappa shape index (κ2) is 8.06. The van der Waals surface area contributed by atoms with E-state index in [0.717, 1.165) is 44.8 Å². The van der Waals surface area contributed by atoms with Crippen LogP contribution in [0.3, 0.4) is 0 Å². The first-order valence-electron chi connectivity index (χ1n) is 10.2. The van der Waals surface area contributed by atoms with Gasteiger partial charge >= 0.3 is 0 Å². The molecule has 1 saturated heterocycles. The molecule has 1 atom stereocenters. The summed E-state index contributed by atoms with van der Waals surface area (Å²) in [5.74, 6) is 1.54. The molecule has 3 aromatic rings. The second-order valence-corrected chi connectivity index (χ2v) is 8.88. The van der Waals surface area contributed by atoms with Gasteiger partial charge in [0, 0.05) is 24.2 Å². The van der Waals surface area contributed by atoms with Crippen LogP contribution in [-0.4, -0.2) is 22.6 Å². The van der Waals surface area contributed by atoms with E-state index >= 15 is 0 Å². The lowest BCUT2D eigenvalue weighted by molar-refractivity contribution is 0.0716. The molecule has 150 valence electrons. The van der Waals surface area contributed by atoms with Crippen LogP contribution in [0.2, 0.25) is 10.0 Å². The Kier molecular flexibility index (Phi) is 5.29. The molecule has 1 unspecified atom stereocenters. The number of likely N-dealkylation sites (tertiary alicyclic amines) is 1. The summed E-state index contributed by atoms with van der Waals surface area (Å²) < 4.78 is 8.94. The summed E-state index contributed by atoms with van der Waals surface area (Å²) in [6.45, 7) is 3.92. The van der Waals surface area contributed by atoms with Crippen LogP contribution in [0, 0.1) is 5.92 Å². The molecule has 0 aliphatic carbocycles. The smallest absolute Gasteiger partial charge is 0.141 e. The van der Waals surface area contributed by atoms with Crippen LogP contribution in [0.5, 0.6) is 5.75 Å². The van der Waals surface area contributed by atoms with Gasteiger partial charge < -0.3 is 9.30 Å². The van der Waals surface area contributed by atoms with Crippen molar-refractivity contribution in [2.45, 2.75) is 32.0 Å². The molecule has 29 heavy (non-hydrogen) atoms. The summed E-state index contributed by atoms with van der Waals surface area (Å²) in [7, 11) is 0. The van der Waals surface area contributed by atoms with Crippen molar-refractivity contribution in [1.29, 1.82) is 0 Å². The minimum absolute atomic E-state index is 0.112. The lowest BCUT2D eigenvalue weighted by Gasteiger charge is -2.36. The van der Waals surface area contributed by atoms with E-state index in [-0.39, 0.29) is 6.10 Å². The minimum atomic E-state index is 0.112. The Labute approximate surface area is 181 Å². The average molecular weight is 427 g/mol. The van der Waals surface area contributed by atoms with E-state index in [1.54, 1.807) is 0 Å². The first-order chi connectivity index (χ1) is 14.2. The molecule has 2 aliphatic heterocycles. The topological polar surface area (TPSA) is 17.4 Å². The summed E-state index contributed by atoms with van der Waals surface area (Å²) in [6.07, 6.45) is 4.53. The molecule has 0 radical (unpaired) electrons. The third-order valence-electron chi connectivity index (χ3n) is 6.17. The molecule has 2 aliphatic rings. The molecule has 1 fully saturated rings. The molecular formula is C24H24Cl2N2O. The molecule has 0 N–H and O–H groups in total. The highest BCUT2D eigenvalue weighted by Gasteiger charge is 2.33. The number of rotatable bonds is 3. The number of fused-ring (bicyclic) bond motifs is 2. The number of nitrogens with zero attached hydrogens (tertiary/aromatic N) is 2. The monoisotopic (exact) mass is 426 g/mol. The Balaban J connectivity index is 1.30. The number of ether oxygens (including phenoxy) is 1. The summed E-state index contributed by atoms with van der Waals surface area (Å²) >= 11 is 12.2. The summed E-state index contributed by atoms with van der Waals surface area (Å²) in [5, 5.41) is 1.24. The number of hydrogen-bond donors (Lipinski definition) is 0. The highest BCUT2D eigenvalue weighted by atomic mass is 35.5. The Morgan fingerprint density at radius 3 is 2.59 bits per heavy atom. The number of piperidine rings is 1. The van der Waals surface area contributed by atoms with Gasteiger partial charge in [-0.2, -0.15) is 0 Å². The second-order valence-electron chi connectivity index (χ2n) is 8.07. The molecule has 0 bridgehead atoms. The molecule has 5 heteroatoms. The Morgan fingerprint density at radius 1 is 0.931 bits per heavy atom. The van der Waals surface area contributed by atoms with E-state index in [1.807, 2.05) is 12.1 Å². The van der Waals surface area contributed by atoms with E-state index in [1.165, 1.54) is 16.8 Å². The van der Waals surface area contributed by atoms with E-state index in [9.17, 15) is 0 Å². The fraction of sp³-hybridized carbons (Fsp3) is 0.333. The van der Waals surface area contributed by atoms with Crippen LogP contribution in [0.25, 0.3) is 0 Å². The number of hydrogen-bond acceptors (Lipinski definition) is 2. The maximum atomic E-state index is 6.59. The van der Waals surface area contributed by atoms with Crippen LogP contribution >= 0.6 is 23.2 Å². The average Bonchev–Trinajstić information content (AvgIpc) is 3.12. The summed E-state index contributed by atoms with van der Waals surface area (Å²) in [6, 6.07) is 18.7. The van der Waals surface area contributed by atoms with Crippen LogP contribution in [0.15, 0.2) is 60.8 Å². The van der Waals surface area contributed by atoms with Gasteiger partial charge in [-0.15, -0.1) is 0 Å². The molecule has 5 rings (SSSR count). The van der Waals surface area contributed by atoms with Crippen molar-refractivity contribution in [3.63, 3.8) is 0 Å². The number of para-hydroxylation sites is 1. The molecule has 1 aromatic heterocycles. The van der Waals surface area contributed by atoms with E-state index < -0.39 is 0 Å². The molecule has 3 nitrogen and oxygen atoms in total. The SMILES string of the molecule is Clc1ccc(CN2CCC(C3Oc4ccccc4Cn4cccc43)CC2)cc1Cl. The van der Waals surface area contributed by atoms with E-state index in [4.69, 9.17) is 27.9 Å². The Morgan fingerprint density at radius 2 is 1.76 bits per heavy atom. The zero-order valence-corrected chi connectivity index (χ0v) is 17.7. The maximum absolute atomic E-state index is 6.59. The molecular weight excluding hydrogens is 403 g/mol. The minimum Gasteiger partial charge on any atom is -0.484 e. The predicted molar refractivity (Wildman–Crippen MR) is 118 cm³/mol. The predicted octanol–water partition coefficient (Wildman–Crippen LogP) is 6.19. The maximum Gasteiger partial charge on any atom is 0.141 e. The summed E-state index contributed by atoms with van der Waals surface area (Å²) in [4.78, 5) is 2.50. The van der Waals surface area contributed by atoms with Crippen molar-refractivity contribution in [2.75, 3.05) is 13.1 Å². The number of benzene rings is 2. The first-order valence-corrected chi connectivity index (χ1v) is 11.0. The van der Waals surface area contributed by atoms with Crippen molar-refractivity contribution < 1.29 is 4.74 Å². The number of halogens is 2. The van der Waals surface area contributed by atoms with Crippen molar-refractivity contribution in [2.24, 2.45) is 5.92 Å². The third-order valence-corrected chi connectivity index (χ3v) is 6.91. The van der Waals surface area contributed by atoms with Crippen molar-refractivity contribution in [3.05, 3.63) is 87.7 Å². The molecule has 0 spiro atoms. The highest BCUT2D eigenvalue weighted by Crippen LogP contribution is 2.39. The van der Waals surface area contributed by atoms with Gasteiger partial charge in [-0.3, -0.25) is 4.90 Å². The molecule has 3 heterocycles. The van der Waals surface area contributed by atoms with Crippen molar-refractivity contribution in [1.82, 2.24) is 9.47 Å². The van der Waals surface area contributed by atoms with Crippen LogP contribution in [0.1, 0.15) is 35.8 Å². The molecule has 0 amide bonds. The molecule has 2 aromatic carbocycles. The van der Waals surface area contributed by atoms with Gasteiger partial charge in [0.05, 0.1) is 22.3 Å². The van der Waals surface area contributed by atoms with E-state index in [2.05, 4.69) is 58.1 Å². The quantitative estimate of drug-likeness (QED) is 0.496. The zero-order valence-electron chi connectivity index (χ0n) is 16.2. The van der Waals surface area contributed by atoms with Gasteiger partial charge in [0.25, 0.3) is 0 Å². The Bertz CT molecular complexity index is 1010. The van der Waals surface area contributed by atoms with E-state index in [0.29, 0.717) is 16.0 Å². The van der Waals surface area contributed by atoms with Gasteiger partial charge in [0.1, 0.15) is 11.9 Å². The Hall–Kier alpha value is -1.94. The lowest BCUT2D eigenvalue weighted by Crippen LogP contribution is -2.36. The zero-order chi connectivity index (χ0) is 19.8. The van der Waals surface area contributed by atoms with Crippen LogP contribution < -0.4 is 4.74 Å². The lowest BCUT2D eigenvalue weighted by atomic mass is 9.89. The largest absolute Gasteiger partial charge is 0.484 e. The van der Waals surface area contributed by atoms with Crippen LogP contribution in [0.4, 0.5) is 0 Å². The molecule has 0 saturated carbocycles. The van der Waals surface area contributed by atoms with Gasteiger partial charge in [-0.1, -0.05) is 47.5 Å². The first kappa shape index (κ1) is 19.0. The van der Waals surface area contributed by atoms with Crippen molar-refractivity contribution >= 4 is 23.2 Å². The number of aromatic nitrogens is 1.